The average molecular weight is 210 g/mol. The molecule has 15 heavy (non-hydrogen) atoms. The molecule has 1 rings (SSSR count). The number of hydrogen-bond acceptors (Lipinski definition) is 2. The molecule has 0 aliphatic rings. The van der Waals surface area contributed by atoms with E-state index in [2.05, 4.69) is 11.3 Å². The lowest BCUT2D eigenvalue weighted by atomic mass is 10.0. The molecular formula is C11H12F2N2. The first kappa shape index (κ1) is 11.6. The zero-order valence-corrected chi connectivity index (χ0v) is 8.13. The number of rotatable bonds is 4. The second-order valence-corrected chi connectivity index (χ2v) is 3.18. The highest BCUT2D eigenvalue weighted by Crippen LogP contribution is 2.14. The molecule has 4 heteroatoms. The van der Waals surface area contributed by atoms with Crippen LogP contribution in [0, 0.1) is 24.0 Å². The number of terminal acetylenes is 1. The molecule has 0 fully saturated rings. The Morgan fingerprint density at radius 3 is 2.47 bits per heavy atom. The molecule has 0 saturated carbocycles. The van der Waals surface area contributed by atoms with Crippen LogP contribution in [0.4, 0.5) is 8.78 Å². The topological polar surface area (TPSA) is 38.0 Å². The van der Waals surface area contributed by atoms with Gasteiger partial charge in [-0.15, -0.1) is 12.3 Å². The Hall–Kier alpha value is -1.44. The van der Waals surface area contributed by atoms with E-state index in [4.69, 9.17) is 12.3 Å². The van der Waals surface area contributed by atoms with Crippen molar-refractivity contribution >= 4 is 0 Å². The average Bonchev–Trinajstić information content (AvgIpc) is 2.22. The summed E-state index contributed by atoms with van der Waals surface area (Å²) in [5.74, 6) is 6.45. The third-order valence-corrected chi connectivity index (χ3v) is 2.11. The van der Waals surface area contributed by atoms with Gasteiger partial charge in [0.2, 0.25) is 0 Å². The second kappa shape index (κ2) is 5.44. The molecule has 1 atom stereocenters. The molecule has 0 radical (unpaired) electrons. The first-order valence-electron chi connectivity index (χ1n) is 4.51. The maximum Gasteiger partial charge on any atom is 0.129 e. The van der Waals surface area contributed by atoms with Crippen molar-refractivity contribution in [3.8, 4) is 12.3 Å². The fourth-order valence-corrected chi connectivity index (χ4v) is 1.31. The third kappa shape index (κ3) is 3.01. The summed E-state index contributed by atoms with van der Waals surface area (Å²) in [4.78, 5) is 0. The van der Waals surface area contributed by atoms with Gasteiger partial charge >= 0.3 is 0 Å². The van der Waals surface area contributed by atoms with Crippen molar-refractivity contribution in [2.45, 2.75) is 18.9 Å². The number of halogens is 2. The first-order valence-corrected chi connectivity index (χ1v) is 4.51. The van der Waals surface area contributed by atoms with E-state index in [0.717, 1.165) is 0 Å². The highest BCUT2D eigenvalue weighted by Gasteiger charge is 2.13. The fraction of sp³-hybridized carbons (Fsp3) is 0.273. The van der Waals surface area contributed by atoms with Crippen molar-refractivity contribution in [3.05, 3.63) is 35.4 Å². The quantitative estimate of drug-likeness (QED) is 0.447. The van der Waals surface area contributed by atoms with E-state index in [1.54, 1.807) is 0 Å². The van der Waals surface area contributed by atoms with Crippen LogP contribution in [-0.2, 0) is 6.42 Å². The zero-order chi connectivity index (χ0) is 11.3. The summed E-state index contributed by atoms with van der Waals surface area (Å²) in [5.41, 5.74) is 2.44. The van der Waals surface area contributed by atoms with Gasteiger partial charge in [-0.2, -0.15) is 0 Å². The van der Waals surface area contributed by atoms with Gasteiger partial charge in [0.1, 0.15) is 11.6 Å². The van der Waals surface area contributed by atoms with E-state index in [-0.39, 0.29) is 18.0 Å². The molecule has 0 aromatic heterocycles. The molecule has 0 aliphatic heterocycles. The predicted octanol–water partition coefficient (Wildman–Crippen LogP) is 1.36. The molecule has 3 N–H and O–H groups in total. The molecular weight excluding hydrogens is 198 g/mol. The smallest absolute Gasteiger partial charge is 0.129 e. The van der Waals surface area contributed by atoms with Crippen LogP contribution < -0.4 is 11.3 Å². The largest absolute Gasteiger partial charge is 0.271 e. The molecule has 0 aliphatic carbocycles. The monoisotopic (exact) mass is 210 g/mol. The van der Waals surface area contributed by atoms with Crippen LogP contribution in [0.15, 0.2) is 18.2 Å². The summed E-state index contributed by atoms with van der Waals surface area (Å²) < 4.78 is 26.5. The molecule has 0 spiro atoms. The Bertz CT molecular complexity index is 351. The van der Waals surface area contributed by atoms with Gasteiger partial charge in [0, 0.05) is 18.0 Å². The Balaban J connectivity index is 2.83. The number of nitrogens with one attached hydrogen (secondary N) is 1. The van der Waals surface area contributed by atoms with Gasteiger partial charge in [-0.1, -0.05) is 6.07 Å². The molecule has 0 saturated heterocycles. The van der Waals surface area contributed by atoms with Gasteiger partial charge < -0.3 is 0 Å². The van der Waals surface area contributed by atoms with Crippen LogP contribution in [0.5, 0.6) is 0 Å². The molecule has 2 nitrogen and oxygen atoms in total. The van der Waals surface area contributed by atoms with E-state index in [1.165, 1.54) is 18.2 Å². The fourth-order valence-electron chi connectivity index (χ4n) is 1.31. The lowest BCUT2D eigenvalue weighted by Crippen LogP contribution is -2.36. The van der Waals surface area contributed by atoms with Crippen LogP contribution in [-0.4, -0.2) is 6.04 Å². The zero-order valence-electron chi connectivity index (χ0n) is 8.13. The maximum atomic E-state index is 13.2. The van der Waals surface area contributed by atoms with Crippen molar-refractivity contribution in [2.24, 2.45) is 5.84 Å². The Kier molecular flexibility index (Phi) is 4.22. The Morgan fingerprint density at radius 1 is 1.40 bits per heavy atom. The molecule has 0 bridgehead atoms. The van der Waals surface area contributed by atoms with Crippen molar-refractivity contribution in [1.82, 2.24) is 5.43 Å². The molecule has 0 amide bonds. The van der Waals surface area contributed by atoms with Gasteiger partial charge in [0.05, 0.1) is 0 Å². The van der Waals surface area contributed by atoms with Gasteiger partial charge in [-0.05, 0) is 18.6 Å². The van der Waals surface area contributed by atoms with Gasteiger partial charge in [-0.3, -0.25) is 11.3 Å². The first-order chi connectivity index (χ1) is 7.19. The van der Waals surface area contributed by atoms with Gasteiger partial charge in [0.15, 0.2) is 0 Å². The minimum Gasteiger partial charge on any atom is -0.271 e. The van der Waals surface area contributed by atoms with Crippen molar-refractivity contribution in [1.29, 1.82) is 0 Å². The summed E-state index contributed by atoms with van der Waals surface area (Å²) in [7, 11) is 0. The van der Waals surface area contributed by atoms with E-state index in [1.807, 2.05) is 0 Å². The summed E-state index contributed by atoms with van der Waals surface area (Å²) in [6.45, 7) is 0. The number of benzene rings is 1. The summed E-state index contributed by atoms with van der Waals surface area (Å²) in [5, 5.41) is 0. The summed E-state index contributed by atoms with van der Waals surface area (Å²) in [6.07, 6.45) is 5.56. The van der Waals surface area contributed by atoms with Crippen molar-refractivity contribution in [3.63, 3.8) is 0 Å². The minimum atomic E-state index is -0.577. The Labute approximate surface area is 87.4 Å². The van der Waals surface area contributed by atoms with Crippen LogP contribution in [0.1, 0.15) is 12.0 Å². The van der Waals surface area contributed by atoms with E-state index >= 15 is 0 Å². The summed E-state index contributed by atoms with van der Waals surface area (Å²) in [6, 6.07) is 3.42. The lowest BCUT2D eigenvalue weighted by molar-refractivity contribution is 0.493. The molecule has 1 aromatic rings. The molecule has 0 heterocycles. The van der Waals surface area contributed by atoms with Crippen LogP contribution in [0.25, 0.3) is 0 Å². The number of hydrazine groups is 1. The molecule has 80 valence electrons. The lowest BCUT2D eigenvalue weighted by Gasteiger charge is -2.13. The van der Waals surface area contributed by atoms with Crippen LogP contribution >= 0.6 is 0 Å². The second-order valence-electron chi connectivity index (χ2n) is 3.18. The van der Waals surface area contributed by atoms with Crippen LogP contribution in [0.3, 0.4) is 0 Å². The third-order valence-electron chi connectivity index (χ3n) is 2.11. The van der Waals surface area contributed by atoms with E-state index in [9.17, 15) is 8.78 Å². The number of nitrogens with two attached hydrogens (primary N) is 1. The summed E-state index contributed by atoms with van der Waals surface area (Å²) >= 11 is 0. The SMILES string of the molecule is C#CCC(Cc1c(F)cccc1F)NN. The molecule has 1 aromatic carbocycles. The van der Waals surface area contributed by atoms with Crippen LogP contribution in [0.2, 0.25) is 0 Å². The van der Waals surface area contributed by atoms with E-state index in [0.29, 0.717) is 6.42 Å². The van der Waals surface area contributed by atoms with Crippen molar-refractivity contribution in [2.75, 3.05) is 0 Å². The van der Waals surface area contributed by atoms with Gasteiger partial charge in [0.25, 0.3) is 0 Å². The van der Waals surface area contributed by atoms with E-state index < -0.39 is 11.6 Å². The Morgan fingerprint density at radius 2 is 2.00 bits per heavy atom. The predicted molar refractivity (Wildman–Crippen MR) is 54.6 cm³/mol. The highest BCUT2D eigenvalue weighted by molar-refractivity contribution is 5.21. The standard InChI is InChI=1S/C11H12F2N2/c1-2-4-8(15-14)7-9-10(12)5-3-6-11(9)13/h1,3,5-6,8,15H,4,7,14H2. The number of hydrogen-bond donors (Lipinski definition) is 2. The molecule has 1 unspecified atom stereocenters. The normalized spacial score (nSPS) is 12.1. The van der Waals surface area contributed by atoms with Crippen molar-refractivity contribution < 1.29 is 8.78 Å². The minimum absolute atomic E-state index is 0.00991. The van der Waals surface area contributed by atoms with Gasteiger partial charge in [-0.25, -0.2) is 8.78 Å². The highest BCUT2D eigenvalue weighted by atomic mass is 19.1. The maximum absolute atomic E-state index is 13.2.